The summed E-state index contributed by atoms with van der Waals surface area (Å²) in [6.45, 7) is 8.52. The molecule has 0 aliphatic rings. The van der Waals surface area contributed by atoms with Gasteiger partial charge in [0.15, 0.2) is 0 Å². The number of likely N-dealkylation sites (N-methyl/N-ethyl adjacent to an activating group) is 1. The summed E-state index contributed by atoms with van der Waals surface area (Å²) in [5.74, 6) is -1.13. The third-order valence-corrected chi connectivity index (χ3v) is 4.77. The molecule has 8 heteroatoms. The van der Waals surface area contributed by atoms with E-state index in [1.54, 1.807) is 39.0 Å². The van der Waals surface area contributed by atoms with Crippen molar-refractivity contribution in [2.75, 3.05) is 18.9 Å². The quantitative estimate of drug-likeness (QED) is 0.634. The predicted octanol–water partition coefficient (Wildman–Crippen LogP) is 3.67. The maximum atomic E-state index is 13.3. The topological polar surface area (TPSA) is 108 Å². The van der Waals surface area contributed by atoms with Gasteiger partial charge in [-0.2, -0.15) is 0 Å². The summed E-state index contributed by atoms with van der Waals surface area (Å²) in [6.07, 6.45) is -0.738. The summed E-state index contributed by atoms with van der Waals surface area (Å²) in [5.41, 5.74) is 1.95. The Balaban J connectivity index is 2.27. The fraction of sp³-hybridized carbons (Fsp3) is 0.375. The number of ether oxygens (including phenoxy) is 1. The minimum Gasteiger partial charge on any atom is -0.508 e. The predicted molar refractivity (Wildman–Crippen MR) is 122 cm³/mol. The number of alkyl carbamates (subject to hydrolysis) is 1. The van der Waals surface area contributed by atoms with E-state index < -0.39 is 29.6 Å². The Morgan fingerprint density at radius 2 is 1.62 bits per heavy atom. The van der Waals surface area contributed by atoms with E-state index in [0.29, 0.717) is 5.69 Å². The molecule has 2 aromatic carbocycles. The number of nitrogens with one attached hydrogen (secondary N) is 2. The number of carbonyl (C=O) groups excluding carboxylic acids is 3. The number of phenolic OH excluding ortho intramolecular Hbond substituents is 1. The van der Waals surface area contributed by atoms with Crippen molar-refractivity contribution in [1.82, 2.24) is 10.2 Å². The minimum absolute atomic E-state index is 0.117. The van der Waals surface area contributed by atoms with Gasteiger partial charge in [-0.15, -0.1) is 0 Å². The molecular weight excluding hydrogens is 410 g/mol. The van der Waals surface area contributed by atoms with Gasteiger partial charge >= 0.3 is 6.09 Å². The van der Waals surface area contributed by atoms with Gasteiger partial charge in [0.05, 0.1) is 0 Å². The molecule has 0 aliphatic carbocycles. The minimum atomic E-state index is -1.12. The van der Waals surface area contributed by atoms with Crippen LogP contribution < -0.4 is 10.6 Å². The van der Waals surface area contributed by atoms with Crippen LogP contribution in [0, 0.1) is 13.8 Å². The van der Waals surface area contributed by atoms with Crippen molar-refractivity contribution < 1.29 is 24.2 Å². The second-order valence-electron chi connectivity index (χ2n) is 8.58. The third kappa shape index (κ3) is 6.47. The molecule has 0 bridgehead atoms. The molecule has 3 amide bonds. The number of hydrogen-bond acceptors (Lipinski definition) is 5. The maximum Gasteiger partial charge on any atom is 0.408 e. The summed E-state index contributed by atoms with van der Waals surface area (Å²) in [4.78, 5) is 39.2. The number of anilines is 1. The van der Waals surface area contributed by atoms with Gasteiger partial charge in [-0.3, -0.25) is 9.59 Å². The first-order valence-electron chi connectivity index (χ1n) is 10.3. The van der Waals surface area contributed by atoms with Crippen molar-refractivity contribution >= 4 is 23.6 Å². The molecule has 8 nitrogen and oxygen atoms in total. The molecule has 1 atom stereocenters. The number of benzene rings is 2. The van der Waals surface area contributed by atoms with Gasteiger partial charge in [0, 0.05) is 18.3 Å². The zero-order chi connectivity index (χ0) is 24.1. The van der Waals surface area contributed by atoms with Gasteiger partial charge in [0.25, 0.3) is 5.91 Å². The molecule has 0 spiro atoms. The first kappa shape index (κ1) is 24.7. The van der Waals surface area contributed by atoms with E-state index in [0.717, 1.165) is 11.1 Å². The molecule has 3 N–H and O–H groups in total. The Bertz CT molecular complexity index is 977. The van der Waals surface area contributed by atoms with Crippen LogP contribution in [0.2, 0.25) is 0 Å². The molecule has 0 aliphatic heterocycles. The number of hydrogen-bond donors (Lipinski definition) is 3. The summed E-state index contributed by atoms with van der Waals surface area (Å²) in [5, 5.41) is 15.7. The van der Waals surface area contributed by atoms with Gasteiger partial charge in [0.2, 0.25) is 5.91 Å². The van der Waals surface area contributed by atoms with Crippen LogP contribution in [0.4, 0.5) is 10.5 Å². The highest BCUT2D eigenvalue weighted by molar-refractivity contribution is 5.99. The number of carbonyl (C=O) groups is 3. The van der Waals surface area contributed by atoms with Crippen LogP contribution in [0.5, 0.6) is 5.75 Å². The van der Waals surface area contributed by atoms with Crippen molar-refractivity contribution in [2.24, 2.45) is 0 Å². The summed E-state index contributed by atoms with van der Waals surface area (Å²) >= 11 is 0. The van der Waals surface area contributed by atoms with Gasteiger partial charge in [-0.25, -0.2) is 4.79 Å². The lowest BCUT2D eigenvalue weighted by Gasteiger charge is -2.29. The third-order valence-electron chi connectivity index (χ3n) is 4.77. The molecule has 172 valence electrons. The Labute approximate surface area is 188 Å². The summed E-state index contributed by atoms with van der Waals surface area (Å²) in [7, 11) is 1.44. The van der Waals surface area contributed by atoms with Crippen molar-refractivity contribution in [1.29, 1.82) is 0 Å². The highest BCUT2D eigenvalue weighted by Gasteiger charge is 2.31. The Morgan fingerprint density at radius 1 is 1.03 bits per heavy atom. The van der Waals surface area contributed by atoms with Crippen LogP contribution in [-0.2, 0) is 14.3 Å². The van der Waals surface area contributed by atoms with E-state index in [1.165, 1.54) is 18.0 Å². The maximum absolute atomic E-state index is 13.3. The molecule has 0 heterocycles. The molecule has 0 radical (unpaired) electrons. The van der Waals surface area contributed by atoms with Crippen molar-refractivity contribution in [2.45, 2.75) is 46.3 Å². The molecule has 0 saturated carbocycles. The molecule has 2 rings (SSSR count). The van der Waals surface area contributed by atoms with Gasteiger partial charge in [-0.05, 0) is 51.8 Å². The molecule has 0 fully saturated rings. The van der Waals surface area contributed by atoms with Crippen molar-refractivity contribution in [3.8, 4) is 5.75 Å². The zero-order valence-corrected chi connectivity index (χ0v) is 19.4. The average Bonchev–Trinajstić information content (AvgIpc) is 2.69. The van der Waals surface area contributed by atoms with Crippen LogP contribution >= 0.6 is 0 Å². The van der Waals surface area contributed by atoms with Crippen molar-refractivity contribution in [3.05, 3.63) is 59.2 Å². The average molecular weight is 442 g/mol. The summed E-state index contributed by atoms with van der Waals surface area (Å²) in [6, 6.07) is 10.8. The van der Waals surface area contributed by atoms with E-state index in [9.17, 15) is 19.5 Å². The lowest BCUT2D eigenvalue weighted by molar-refractivity contribution is -0.136. The normalized spacial score (nSPS) is 11.9. The number of phenols is 1. The van der Waals surface area contributed by atoms with Crippen LogP contribution in [-0.4, -0.2) is 47.1 Å². The van der Waals surface area contributed by atoms with Gasteiger partial charge < -0.3 is 25.4 Å². The van der Waals surface area contributed by atoms with E-state index in [2.05, 4.69) is 10.6 Å². The number of para-hydroxylation sites is 2. The first-order chi connectivity index (χ1) is 14.9. The lowest BCUT2D eigenvalue weighted by Crippen LogP contribution is -2.44. The largest absolute Gasteiger partial charge is 0.508 e. The van der Waals surface area contributed by atoms with E-state index >= 15 is 0 Å². The SMILES string of the molecule is Cc1cccc(C)c1NC(=O)C(c1ccccc1O)N(C)C(=O)CNC(=O)OC(C)(C)C. The fourth-order valence-electron chi connectivity index (χ4n) is 3.18. The lowest BCUT2D eigenvalue weighted by atomic mass is 10.0. The van der Waals surface area contributed by atoms with Crippen LogP contribution in [0.25, 0.3) is 0 Å². The highest BCUT2D eigenvalue weighted by Crippen LogP contribution is 2.30. The Hall–Kier alpha value is -3.55. The second-order valence-corrected chi connectivity index (χ2v) is 8.58. The Kier molecular flexibility index (Phi) is 7.86. The second kappa shape index (κ2) is 10.2. The van der Waals surface area contributed by atoms with Gasteiger partial charge in [0.1, 0.15) is 23.9 Å². The van der Waals surface area contributed by atoms with Crippen LogP contribution in [0.15, 0.2) is 42.5 Å². The molecule has 32 heavy (non-hydrogen) atoms. The van der Waals surface area contributed by atoms with Gasteiger partial charge in [-0.1, -0.05) is 36.4 Å². The van der Waals surface area contributed by atoms with Crippen LogP contribution in [0.1, 0.15) is 43.5 Å². The number of rotatable bonds is 6. The molecule has 0 saturated heterocycles. The van der Waals surface area contributed by atoms with E-state index in [1.807, 2.05) is 32.0 Å². The van der Waals surface area contributed by atoms with Crippen molar-refractivity contribution in [3.63, 3.8) is 0 Å². The molecule has 2 aromatic rings. The smallest absolute Gasteiger partial charge is 0.408 e. The molecule has 1 unspecified atom stereocenters. The number of amides is 3. The number of aromatic hydroxyl groups is 1. The Morgan fingerprint density at radius 3 is 2.19 bits per heavy atom. The standard InChI is InChI=1S/C24H31N3O5/c1-15-10-9-11-16(2)20(15)26-22(30)21(17-12-7-8-13-18(17)28)27(6)19(29)14-25-23(31)32-24(3,4)5/h7-13,21,28H,14H2,1-6H3,(H,25,31)(H,26,30). The number of aryl methyl sites for hydroxylation is 2. The zero-order valence-electron chi connectivity index (χ0n) is 19.4. The monoisotopic (exact) mass is 441 g/mol. The van der Waals surface area contributed by atoms with Crippen LogP contribution in [0.3, 0.4) is 0 Å². The molecule has 0 aromatic heterocycles. The first-order valence-corrected chi connectivity index (χ1v) is 10.3. The molecular formula is C24H31N3O5. The highest BCUT2D eigenvalue weighted by atomic mass is 16.6. The summed E-state index contributed by atoms with van der Waals surface area (Å²) < 4.78 is 5.14. The van der Waals surface area contributed by atoms with E-state index in [4.69, 9.17) is 4.74 Å². The number of nitrogens with zero attached hydrogens (tertiary/aromatic N) is 1. The van der Waals surface area contributed by atoms with E-state index in [-0.39, 0.29) is 17.9 Å². The fourth-order valence-corrected chi connectivity index (χ4v) is 3.18.